The number of hydrogen-bond acceptors (Lipinski definition) is 3. The lowest BCUT2D eigenvalue weighted by molar-refractivity contribution is 0.228. The topological polar surface area (TPSA) is 32.5 Å². The van der Waals surface area contributed by atoms with Gasteiger partial charge < -0.3 is 15.5 Å². The van der Waals surface area contributed by atoms with Crippen LogP contribution in [0.1, 0.15) is 6.92 Å². The van der Waals surface area contributed by atoms with Crippen molar-refractivity contribution in [3.63, 3.8) is 0 Å². The van der Waals surface area contributed by atoms with E-state index in [1.165, 1.54) is 13.1 Å². The van der Waals surface area contributed by atoms with Gasteiger partial charge in [0, 0.05) is 32.2 Å². The molecule has 1 fully saturated rings. The molecule has 1 heterocycles. The van der Waals surface area contributed by atoms with Gasteiger partial charge in [0.15, 0.2) is 0 Å². The van der Waals surface area contributed by atoms with E-state index in [0.717, 1.165) is 19.0 Å². The third kappa shape index (κ3) is 2.44. The summed E-state index contributed by atoms with van der Waals surface area (Å²) in [6.45, 7) is 6.55. The number of hydrogen-bond donors (Lipinski definition) is 1. The van der Waals surface area contributed by atoms with Crippen molar-refractivity contribution in [2.75, 3.05) is 40.3 Å². The van der Waals surface area contributed by atoms with Crippen LogP contribution < -0.4 is 5.73 Å². The standard InChI is InChI=1S/C9H21N3/c1-8-5-11(2)7-9(4-10)12(3)6-8/h8-9H,4-7,10H2,1-3H3. The largest absolute Gasteiger partial charge is 0.329 e. The zero-order valence-corrected chi connectivity index (χ0v) is 8.45. The van der Waals surface area contributed by atoms with Crippen molar-refractivity contribution < 1.29 is 0 Å². The monoisotopic (exact) mass is 171 g/mol. The Morgan fingerprint density at radius 2 is 1.92 bits per heavy atom. The number of rotatable bonds is 1. The summed E-state index contributed by atoms with van der Waals surface area (Å²) in [6.07, 6.45) is 0. The Bertz CT molecular complexity index is 138. The summed E-state index contributed by atoms with van der Waals surface area (Å²) >= 11 is 0. The minimum atomic E-state index is 0.542. The molecule has 0 spiro atoms. The molecule has 1 aliphatic heterocycles. The molecule has 0 radical (unpaired) electrons. The van der Waals surface area contributed by atoms with Crippen molar-refractivity contribution in [1.29, 1.82) is 0 Å². The van der Waals surface area contributed by atoms with Gasteiger partial charge in [-0.05, 0) is 20.0 Å². The van der Waals surface area contributed by atoms with E-state index in [-0.39, 0.29) is 0 Å². The van der Waals surface area contributed by atoms with Gasteiger partial charge in [0.2, 0.25) is 0 Å². The Morgan fingerprint density at radius 1 is 1.25 bits per heavy atom. The lowest BCUT2D eigenvalue weighted by Gasteiger charge is -2.25. The van der Waals surface area contributed by atoms with Crippen LogP contribution in [-0.2, 0) is 0 Å². The van der Waals surface area contributed by atoms with Crippen LogP contribution in [0.5, 0.6) is 0 Å². The van der Waals surface area contributed by atoms with Crippen molar-refractivity contribution in [2.24, 2.45) is 11.7 Å². The summed E-state index contributed by atoms with van der Waals surface area (Å²) in [5.74, 6) is 0.761. The zero-order chi connectivity index (χ0) is 9.14. The molecule has 1 aliphatic rings. The maximum Gasteiger partial charge on any atom is 0.0342 e. The molecule has 1 rings (SSSR count). The Labute approximate surface area is 75.5 Å². The number of nitrogens with two attached hydrogens (primary N) is 1. The molecule has 0 aromatic carbocycles. The van der Waals surface area contributed by atoms with Gasteiger partial charge in [0.05, 0.1) is 0 Å². The Kier molecular flexibility index (Phi) is 3.50. The van der Waals surface area contributed by atoms with Gasteiger partial charge in [-0.3, -0.25) is 0 Å². The summed E-state index contributed by atoms with van der Waals surface area (Å²) in [6, 6.07) is 0.542. The minimum Gasteiger partial charge on any atom is -0.329 e. The molecule has 0 aliphatic carbocycles. The SMILES string of the molecule is CC1CN(C)CC(CN)N(C)C1. The van der Waals surface area contributed by atoms with Gasteiger partial charge in [0.25, 0.3) is 0 Å². The maximum absolute atomic E-state index is 5.70. The van der Waals surface area contributed by atoms with E-state index in [2.05, 4.69) is 30.8 Å². The van der Waals surface area contributed by atoms with E-state index in [9.17, 15) is 0 Å². The third-order valence-corrected chi connectivity index (χ3v) is 2.64. The minimum absolute atomic E-state index is 0.542. The predicted octanol–water partition coefficient (Wildman–Crippen LogP) is -0.173. The van der Waals surface area contributed by atoms with E-state index in [0.29, 0.717) is 6.04 Å². The van der Waals surface area contributed by atoms with Crippen LogP contribution in [0.2, 0.25) is 0 Å². The van der Waals surface area contributed by atoms with Crippen LogP contribution in [0.4, 0.5) is 0 Å². The molecule has 72 valence electrons. The molecule has 1 saturated heterocycles. The van der Waals surface area contributed by atoms with E-state index in [1.807, 2.05) is 0 Å². The molecule has 0 aromatic rings. The lowest BCUT2D eigenvalue weighted by Crippen LogP contribution is -2.43. The highest BCUT2D eigenvalue weighted by Crippen LogP contribution is 2.09. The molecule has 2 N–H and O–H groups in total. The Hall–Kier alpha value is -0.120. The molecular weight excluding hydrogens is 150 g/mol. The summed E-state index contributed by atoms with van der Waals surface area (Å²) in [5.41, 5.74) is 5.70. The molecule has 2 atom stereocenters. The van der Waals surface area contributed by atoms with E-state index >= 15 is 0 Å². The normalized spacial score (nSPS) is 35.0. The van der Waals surface area contributed by atoms with Crippen molar-refractivity contribution >= 4 is 0 Å². The highest BCUT2D eigenvalue weighted by molar-refractivity contribution is 4.79. The average Bonchev–Trinajstić information content (AvgIpc) is 2.09. The van der Waals surface area contributed by atoms with E-state index in [1.54, 1.807) is 0 Å². The van der Waals surface area contributed by atoms with Crippen LogP contribution in [0.15, 0.2) is 0 Å². The third-order valence-electron chi connectivity index (χ3n) is 2.64. The van der Waals surface area contributed by atoms with Crippen LogP contribution in [-0.4, -0.2) is 56.1 Å². The molecule has 0 amide bonds. The summed E-state index contributed by atoms with van der Waals surface area (Å²) < 4.78 is 0. The van der Waals surface area contributed by atoms with Crippen molar-refractivity contribution in [2.45, 2.75) is 13.0 Å². The molecule has 3 heteroatoms. The molecule has 0 bridgehead atoms. The molecule has 12 heavy (non-hydrogen) atoms. The fourth-order valence-electron chi connectivity index (χ4n) is 2.06. The van der Waals surface area contributed by atoms with Crippen molar-refractivity contribution in [3.05, 3.63) is 0 Å². The lowest BCUT2D eigenvalue weighted by atomic mass is 10.1. The first-order valence-electron chi connectivity index (χ1n) is 4.72. The van der Waals surface area contributed by atoms with E-state index < -0.39 is 0 Å². The first-order valence-corrected chi connectivity index (χ1v) is 4.72. The highest BCUT2D eigenvalue weighted by Gasteiger charge is 2.22. The van der Waals surface area contributed by atoms with Crippen LogP contribution >= 0.6 is 0 Å². The summed E-state index contributed by atoms with van der Waals surface area (Å²) in [4.78, 5) is 4.76. The Morgan fingerprint density at radius 3 is 2.50 bits per heavy atom. The zero-order valence-electron chi connectivity index (χ0n) is 8.45. The van der Waals surface area contributed by atoms with Gasteiger partial charge in [0.1, 0.15) is 0 Å². The average molecular weight is 171 g/mol. The smallest absolute Gasteiger partial charge is 0.0342 e. The van der Waals surface area contributed by atoms with Gasteiger partial charge in [-0.1, -0.05) is 6.92 Å². The fraction of sp³-hybridized carbons (Fsp3) is 1.00. The maximum atomic E-state index is 5.70. The van der Waals surface area contributed by atoms with Gasteiger partial charge in [-0.15, -0.1) is 0 Å². The first kappa shape index (κ1) is 9.96. The van der Waals surface area contributed by atoms with Crippen molar-refractivity contribution in [1.82, 2.24) is 9.80 Å². The van der Waals surface area contributed by atoms with Crippen LogP contribution in [0.25, 0.3) is 0 Å². The molecular formula is C9H21N3. The van der Waals surface area contributed by atoms with Gasteiger partial charge in [-0.2, -0.15) is 0 Å². The van der Waals surface area contributed by atoms with Gasteiger partial charge >= 0.3 is 0 Å². The summed E-state index contributed by atoms with van der Waals surface area (Å²) in [5, 5.41) is 0. The summed E-state index contributed by atoms with van der Waals surface area (Å²) in [7, 11) is 4.35. The second kappa shape index (κ2) is 4.21. The molecule has 0 aromatic heterocycles. The fourth-order valence-corrected chi connectivity index (χ4v) is 2.06. The quantitative estimate of drug-likeness (QED) is 0.594. The van der Waals surface area contributed by atoms with E-state index in [4.69, 9.17) is 5.73 Å². The van der Waals surface area contributed by atoms with Gasteiger partial charge in [-0.25, -0.2) is 0 Å². The predicted molar refractivity (Wildman–Crippen MR) is 52.1 cm³/mol. The van der Waals surface area contributed by atoms with Crippen LogP contribution in [0.3, 0.4) is 0 Å². The second-order valence-electron chi connectivity index (χ2n) is 4.16. The Balaban J connectivity index is 2.54. The number of likely N-dealkylation sites (N-methyl/N-ethyl adjacent to an activating group) is 2. The second-order valence-corrected chi connectivity index (χ2v) is 4.16. The molecule has 3 nitrogen and oxygen atoms in total. The first-order chi connectivity index (χ1) is 5.63. The molecule has 2 unspecified atom stereocenters. The number of nitrogens with zero attached hydrogens (tertiary/aromatic N) is 2. The molecule has 0 saturated carbocycles. The van der Waals surface area contributed by atoms with Crippen molar-refractivity contribution in [3.8, 4) is 0 Å². The highest BCUT2D eigenvalue weighted by atomic mass is 15.2. The van der Waals surface area contributed by atoms with Crippen LogP contribution in [0, 0.1) is 5.92 Å².